The van der Waals surface area contributed by atoms with E-state index < -0.39 is 0 Å². The minimum atomic E-state index is 1.02. The highest BCUT2D eigenvalue weighted by molar-refractivity contribution is 5.19. The van der Waals surface area contributed by atoms with Crippen LogP contribution in [0.2, 0.25) is 0 Å². The maximum absolute atomic E-state index is 4.11. The average Bonchev–Trinajstić information content (AvgIpc) is 2.22. The Labute approximate surface area is 41.6 Å². The van der Waals surface area contributed by atoms with Crippen molar-refractivity contribution in [3.63, 3.8) is 0 Å². The predicted molar refractivity (Wildman–Crippen MR) is 25.7 cm³/mol. The van der Waals surface area contributed by atoms with Crippen molar-refractivity contribution < 1.29 is 0 Å². The van der Waals surface area contributed by atoms with Gasteiger partial charge >= 0.3 is 0 Å². The first-order valence-corrected chi connectivity index (χ1v) is 2.33. The van der Waals surface area contributed by atoms with Crippen LogP contribution in [0.25, 0.3) is 0 Å². The molecule has 2 nitrogen and oxygen atoms in total. The second kappa shape index (κ2) is 0.886. The Balaban J connectivity index is 2.71. The summed E-state index contributed by atoms with van der Waals surface area (Å²) in [5.41, 5.74) is 1.16. The molecular formula is C5H5N2. The molecular weight excluding hydrogens is 88.1 g/mol. The number of H-pyrrole nitrogens is 1. The lowest BCUT2D eigenvalue weighted by Crippen LogP contribution is -1.82. The fourth-order valence-electron chi connectivity index (χ4n) is 0.787. The molecule has 1 aromatic rings. The largest absolute Gasteiger partial charge is 0.348 e. The van der Waals surface area contributed by atoms with Crippen molar-refractivity contribution in [1.82, 2.24) is 9.97 Å². The van der Waals surface area contributed by atoms with Crippen molar-refractivity contribution in [1.29, 1.82) is 0 Å². The SMILES string of the molecule is [CH]1Cc2c[nH]c1n2. The third kappa shape index (κ3) is 0.308. The zero-order valence-corrected chi connectivity index (χ0v) is 3.81. The van der Waals surface area contributed by atoms with Gasteiger partial charge in [0.15, 0.2) is 0 Å². The number of hydrogen-bond acceptors (Lipinski definition) is 1. The minimum Gasteiger partial charge on any atom is -0.348 e. The summed E-state index contributed by atoms with van der Waals surface area (Å²) in [7, 11) is 0. The Kier molecular flexibility index (Phi) is 0.410. The summed E-state index contributed by atoms with van der Waals surface area (Å²) >= 11 is 0. The van der Waals surface area contributed by atoms with Crippen molar-refractivity contribution in [2.45, 2.75) is 6.42 Å². The number of nitrogens with one attached hydrogen (secondary N) is 1. The Bertz CT molecular complexity index is 159. The van der Waals surface area contributed by atoms with Crippen LogP contribution in [-0.4, -0.2) is 9.97 Å². The number of hydrogen-bond donors (Lipinski definition) is 1. The van der Waals surface area contributed by atoms with Gasteiger partial charge in [0, 0.05) is 19.0 Å². The molecule has 1 aliphatic heterocycles. The molecule has 2 rings (SSSR count). The maximum Gasteiger partial charge on any atom is 0.110 e. The van der Waals surface area contributed by atoms with Crippen LogP contribution in [0.4, 0.5) is 0 Å². The molecule has 1 aromatic heterocycles. The van der Waals surface area contributed by atoms with Gasteiger partial charge in [0.05, 0.1) is 5.69 Å². The molecule has 1 radical (unpaired) electrons. The van der Waals surface area contributed by atoms with E-state index in [4.69, 9.17) is 0 Å². The van der Waals surface area contributed by atoms with Crippen LogP contribution in [-0.2, 0) is 6.42 Å². The molecule has 0 amide bonds. The maximum atomic E-state index is 4.11. The van der Waals surface area contributed by atoms with E-state index in [1.165, 1.54) is 0 Å². The van der Waals surface area contributed by atoms with Gasteiger partial charge in [-0.05, 0) is 0 Å². The van der Waals surface area contributed by atoms with Gasteiger partial charge in [0.2, 0.25) is 0 Å². The predicted octanol–water partition coefficient (Wildman–Crippen LogP) is 0.518. The van der Waals surface area contributed by atoms with E-state index in [0.717, 1.165) is 17.9 Å². The van der Waals surface area contributed by atoms with E-state index >= 15 is 0 Å². The second-order valence-corrected chi connectivity index (χ2v) is 1.69. The molecule has 0 atom stereocenters. The van der Waals surface area contributed by atoms with Gasteiger partial charge in [0.1, 0.15) is 5.82 Å². The van der Waals surface area contributed by atoms with E-state index in [2.05, 4.69) is 16.4 Å². The molecule has 35 valence electrons. The smallest absolute Gasteiger partial charge is 0.110 e. The molecule has 0 saturated heterocycles. The highest BCUT2D eigenvalue weighted by Gasteiger charge is 2.08. The zero-order chi connectivity index (χ0) is 4.69. The summed E-state index contributed by atoms with van der Waals surface area (Å²) in [6.07, 6.45) is 5.05. The minimum absolute atomic E-state index is 1.02. The van der Waals surface area contributed by atoms with Crippen LogP contribution in [0, 0.1) is 6.42 Å². The zero-order valence-electron chi connectivity index (χ0n) is 3.81. The molecule has 1 aliphatic rings. The highest BCUT2D eigenvalue weighted by atomic mass is 14.9. The number of nitrogens with zero attached hydrogens (tertiary/aromatic N) is 1. The van der Waals surface area contributed by atoms with Crippen molar-refractivity contribution >= 4 is 0 Å². The normalized spacial score (nSPS) is 15.4. The summed E-state index contributed by atoms with van der Waals surface area (Å²) in [5.74, 6) is 1.02. The van der Waals surface area contributed by atoms with Gasteiger partial charge in [-0.2, -0.15) is 0 Å². The monoisotopic (exact) mass is 93.0 g/mol. The molecule has 2 bridgehead atoms. The summed E-state index contributed by atoms with van der Waals surface area (Å²) in [6.45, 7) is 0. The van der Waals surface area contributed by atoms with E-state index in [1.807, 2.05) is 6.20 Å². The van der Waals surface area contributed by atoms with Crippen molar-refractivity contribution in [3.8, 4) is 0 Å². The highest BCUT2D eigenvalue weighted by Crippen LogP contribution is 2.11. The van der Waals surface area contributed by atoms with E-state index in [1.54, 1.807) is 0 Å². The molecule has 0 saturated carbocycles. The number of rotatable bonds is 0. The molecule has 1 N–H and O–H groups in total. The van der Waals surface area contributed by atoms with Crippen LogP contribution in [0.5, 0.6) is 0 Å². The average molecular weight is 93.1 g/mol. The first kappa shape index (κ1) is 3.24. The summed E-state index contributed by atoms with van der Waals surface area (Å²) in [6, 6.07) is 0. The fraction of sp³-hybridized carbons (Fsp3) is 0.200. The van der Waals surface area contributed by atoms with E-state index in [-0.39, 0.29) is 0 Å². The van der Waals surface area contributed by atoms with Gasteiger partial charge in [-0.3, -0.25) is 0 Å². The molecule has 2 heteroatoms. The van der Waals surface area contributed by atoms with Gasteiger partial charge in [-0.25, -0.2) is 4.98 Å². The van der Waals surface area contributed by atoms with E-state index in [0.29, 0.717) is 0 Å². The summed E-state index contributed by atoms with van der Waals surface area (Å²) < 4.78 is 0. The lowest BCUT2D eigenvalue weighted by molar-refractivity contribution is 1.12. The Morgan fingerprint density at radius 3 is 2.86 bits per heavy atom. The van der Waals surface area contributed by atoms with Gasteiger partial charge in [-0.15, -0.1) is 0 Å². The van der Waals surface area contributed by atoms with Crippen LogP contribution in [0.3, 0.4) is 0 Å². The molecule has 2 heterocycles. The van der Waals surface area contributed by atoms with Crippen molar-refractivity contribution in [2.24, 2.45) is 0 Å². The third-order valence-electron chi connectivity index (χ3n) is 1.16. The Morgan fingerprint density at radius 2 is 2.71 bits per heavy atom. The number of fused-ring (bicyclic) bond motifs is 2. The quantitative estimate of drug-likeness (QED) is 0.497. The Morgan fingerprint density at radius 1 is 1.71 bits per heavy atom. The summed E-state index contributed by atoms with van der Waals surface area (Å²) in [4.78, 5) is 7.10. The molecule has 0 spiro atoms. The van der Waals surface area contributed by atoms with Gasteiger partial charge < -0.3 is 4.98 Å². The molecule has 0 fully saturated rings. The topological polar surface area (TPSA) is 28.7 Å². The van der Waals surface area contributed by atoms with Crippen LogP contribution >= 0.6 is 0 Å². The van der Waals surface area contributed by atoms with Crippen LogP contribution in [0.15, 0.2) is 6.20 Å². The van der Waals surface area contributed by atoms with Crippen LogP contribution < -0.4 is 0 Å². The molecule has 0 aromatic carbocycles. The number of aromatic amines is 1. The number of aromatic nitrogens is 2. The van der Waals surface area contributed by atoms with E-state index in [9.17, 15) is 0 Å². The van der Waals surface area contributed by atoms with Crippen LogP contribution in [0.1, 0.15) is 11.5 Å². The first-order chi connectivity index (χ1) is 3.45. The first-order valence-electron chi connectivity index (χ1n) is 2.33. The summed E-state index contributed by atoms with van der Waals surface area (Å²) in [5, 5.41) is 0. The van der Waals surface area contributed by atoms with Crippen molar-refractivity contribution in [3.05, 3.63) is 24.1 Å². The number of imidazole rings is 1. The lowest BCUT2D eigenvalue weighted by atomic mass is 10.3. The molecule has 0 unspecified atom stereocenters. The van der Waals surface area contributed by atoms with Gasteiger partial charge in [-0.1, -0.05) is 0 Å². The fourth-order valence-corrected chi connectivity index (χ4v) is 0.787. The Hall–Kier alpha value is -0.790. The van der Waals surface area contributed by atoms with Gasteiger partial charge in [0.25, 0.3) is 0 Å². The molecule has 7 heavy (non-hydrogen) atoms. The lowest BCUT2D eigenvalue weighted by Gasteiger charge is -1.85. The second-order valence-electron chi connectivity index (χ2n) is 1.69. The standard InChI is InChI=1S/C5H5N2/c1-2-5-6-3-4(1)7-5/h2-3H,1H2,(H,6,7). The van der Waals surface area contributed by atoms with Crippen molar-refractivity contribution in [2.75, 3.05) is 0 Å². The molecule has 0 aliphatic carbocycles. The third-order valence-corrected chi connectivity index (χ3v) is 1.16.